The number of hydrogen-bond donors (Lipinski definition) is 1. The second kappa shape index (κ2) is 8.56. The van der Waals surface area contributed by atoms with E-state index < -0.39 is 24.0 Å². The van der Waals surface area contributed by atoms with Crippen LogP contribution in [0, 0.1) is 11.3 Å². The molecule has 3 aromatic rings. The van der Waals surface area contributed by atoms with Crippen LogP contribution in [-0.4, -0.2) is 38.8 Å². The molecule has 1 aliphatic rings. The summed E-state index contributed by atoms with van der Waals surface area (Å²) < 4.78 is 7.02. The molecule has 1 aliphatic carbocycles. The number of ether oxygens (including phenoxy) is 1. The zero-order chi connectivity index (χ0) is 21.8. The number of pyridine rings is 1. The van der Waals surface area contributed by atoms with Gasteiger partial charge in [-0.1, -0.05) is 30.3 Å². The van der Waals surface area contributed by atoms with Crippen LogP contribution < -0.4 is 5.32 Å². The number of esters is 1. The molecular formula is C23H23N5O3. The van der Waals surface area contributed by atoms with Gasteiger partial charge in [0.15, 0.2) is 12.3 Å². The Morgan fingerprint density at radius 3 is 2.68 bits per heavy atom. The monoisotopic (exact) mass is 417 g/mol. The molecule has 1 amide bonds. The maximum Gasteiger partial charge on any atom is 0.339 e. The molecule has 0 atom stereocenters. The molecule has 31 heavy (non-hydrogen) atoms. The van der Waals surface area contributed by atoms with Crippen molar-refractivity contribution in [1.29, 1.82) is 5.26 Å². The summed E-state index contributed by atoms with van der Waals surface area (Å²) >= 11 is 0. The first-order valence-electron chi connectivity index (χ1n) is 10.4. The highest BCUT2D eigenvalue weighted by Gasteiger charge is 2.35. The van der Waals surface area contributed by atoms with Gasteiger partial charge in [0.05, 0.1) is 28.9 Å². The topological polar surface area (TPSA) is 110 Å². The van der Waals surface area contributed by atoms with Gasteiger partial charge in [0, 0.05) is 12.1 Å². The van der Waals surface area contributed by atoms with Crippen molar-refractivity contribution in [1.82, 2.24) is 20.1 Å². The second-order valence-electron chi connectivity index (χ2n) is 7.64. The fourth-order valence-electron chi connectivity index (χ4n) is 3.96. The Hall–Kier alpha value is -3.73. The Morgan fingerprint density at radius 1 is 1.26 bits per heavy atom. The van der Waals surface area contributed by atoms with Crippen LogP contribution in [0.5, 0.6) is 0 Å². The van der Waals surface area contributed by atoms with Gasteiger partial charge in [-0.2, -0.15) is 10.4 Å². The van der Waals surface area contributed by atoms with Crippen molar-refractivity contribution in [3.05, 3.63) is 48.2 Å². The quantitative estimate of drug-likeness (QED) is 0.617. The Labute approximate surface area is 179 Å². The number of rotatable bonds is 6. The molecule has 158 valence electrons. The number of nitrogens with one attached hydrogen (secondary N) is 1. The van der Waals surface area contributed by atoms with Gasteiger partial charge in [-0.05, 0) is 38.7 Å². The third-order valence-corrected chi connectivity index (χ3v) is 5.58. The van der Waals surface area contributed by atoms with Crippen LogP contribution in [0.1, 0.15) is 43.0 Å². The summed E-state index contributed by atoms with van der Waals surface area (Å²) in [5, 5.41) is 17.0. The number of fused-ring (bicyclic) bond motifs is 1. The molecule has 1 saturated carbocycles. The van der Waals surface area contributed by atoms with E-state index in [4.69, 9.17) is 4.74 Å². The first-order chi connectivity index (χ1) is 15.0. The average molecular weight is 417 g/mol. The highest BCUT2D eigenvalue weighted by molar-refractivity contribution is 6.04. The summed E-state index contributed by atoms with van der Waals surface area (Å²) in [6, 6.07) is 13.4. The molecule has 2 heterocycles. The zero-order valence-electron chi connectivity index (χ0n) is 17.3. The van der Waals surface area contributed by atoms with Crippen LogP contribution in [0.2, 0.25) is 0 Å². The van der Waals surface area contributed by atoms with Crippen LogP contribution in [-0.2, 0) is 16.1 Å². The van der Waals surface area contributed by atoms with Crippen molar-refractivity contribution in [3.8, 4) is 17.3 Å². The maximum absolute atomic E-state index is 12.9. The van der Waals surface area contributed by atoms with Crippen molar-refractivity contribution < 1.29 is 14.3 Å². The number of nitrogens with zero attached hydrogens (tertiary/aromatic N) is 4. The molecule has 1 N–H and O–H groups in total. The normalized spacial score (nSPS) is 14.8. The van der Waals surface area contributed by atoms with E-state index in [0.717, 1.165) is 18.4 Å². The van der Waals surface area contributed by atoms with Gasteiger partial charge in [-0.15, -0.1) is 0 Å². The predicted octanol–water partition coefficient (Wildman–Crippen LogP) is 3.23. The number of hydrogen-bond acceptors (Lipinski definition) is 6. The third kappa shape index (κ3) is 4.12. The van der Waals surface area contributed by atoms with Crippen LogP contribution in [0.15, 0.2) is 42.6 Å². The molecule has 0 bridgehead atoms. The highest BCUT2D eigenvalue weighted by atomic mass is 16.5. The number of aryl methyl sites for hydroxylation is 1. The minimum absolute atomic E-state index is 0.298. The van der Waals surface area contributed by atoms with E-state index in [1.807, 2.05) is 37.3 Å². The highest BCUT2D eigenvalue weighted by Crippen LogP contribution is 2.29. The van der Waals surface area contributed by atoms with Crippen LogP contribution in [0.25, 0.3) is 22.3 Å². The summed E-state index contributed by atoms with van der Waals surface area (Å²) in [5.74, 6) is -1.11. The van der Waals surface area contributed by atoms with Gasteiger partial charge in [-0.25, -0.2) is 14.5 Å². The predicted molar refractivity (Wildman–Crippen MR) is 114 cm³/mol. The minimum atomic E-state index is -0.851. The van der Waals surface area contributed by atoms with Crippen molar-refractivity contribution >= 4 is 22.9 Å². The fraction of sp³-hybridized carbons (Fsp3) is 0.348. The first kappa shape index (κ1) is 20.5. The van der Waals surface area contributed by atoms with E-state index in [-0.39, 0.29) is 0 Å². The largest absolute Gasteiger partial charge is 0.452 e. The van der Waals surface area contributed by atoms with Crippen molar-refractivity contribution in [3.63, 3.8) is 0 Å². The molecule has 0 saturated heterocycles. The molecule has 4 rings (SSSR count). The zero-order valence-corrected chi connectivity index (χ0v) is 17.3. The lowest BCUT2D eigenvalue weighted by molar-refractivity contribution is -0.125. The molecule has 0 spiro atoms. The number of nitriles is 1. The molecule has 0 unspecified atom stereocenters. The summed E-state index contributed by atoms with van der Waals surface area (Å²) in [6.45, 7) is 2.09. The van der Waals surface area contributed by atoms with Gasteiger partial charge in [-0.3, -0.25) is 4.79 Å². The Morgan fingerprint density at radius 2 is 2.00 bits per heavy atom. The lowest BCUT2D eigenvalue weighted by Crippen LogP contribution is -2.46. The smallest absolute Gasteiger partial charge is 0.339 e. The minimum Gasteiger partial charge on any atom is -0.452 e. The standard InChI is InChI=1S/C23H23N5O3/c1-2-28-21-18(13-25-28)17(12-19(26-21)16-8-4-3-5-9-16)22(30)31-14-20(29)27-23(15-24)10-6-7-11-23/h3-5,8-9,12-13H,2,6-7,10-11,14H2,1H3,(H,27,29). The molecule has 0 radical (unpaired) electrons. The van der Waals surface area contributed by atoms with E-state index >= 15 is 0 Å². The maximum atomic E-state index is 12.9. The number of benzene rings is 1. The summed E-state index contributed by atoms with van der Waals surface area (Å²) in [5.41, 5.74) is 1.50. The Bertz CT molecular complexity index is 1160. The Kier molecular flexibility index (Phi) is 5.67. The van der Waals surface area contributed by atoms with Crippen LogP contribution in [0.4, 0.5) is 0 Å². The van der Waals surface area contributed by atoms with Crippen LogP contribution >= 0.6 is 0 Å². The lowest BCUT2D eigenvalue weighted by Gasteiger charge is -2.21. The van der Waals surface area contributed by atoms with E-state index in [1.165, 1.54) is 0 Å². The van der Waals surface area contributed by atoms with E-state index in [2.05, 4.69) is 21.5 Å². The number of amides is 1. The lowest BCUT2D eigenvalue weighted by atomic mass is 10.00. The summed E-state index contributed by atoms with van der Waals surface area (Å²) in [6.07, 6.45) is 4.61. The van der Waals surface area contributed by atoms with Crippen molar-refractivity contribution in [2.75, 3.05) is 6.61 Å². The van der Waals surface area contributed by atoms with Crippen molar-refractivity contribution in [2.45, 2.75) is 44.7 Å². The van der Waals surface area contributed by atoms with E-state index in [1.54, 1.807) is 16.9 Å². The number of carbonyl (C=O) groups is 2. The third-order valence-electron chi connectivity index (χ3n) is 5.58. The first-order valence-corrected chi connectivity index (χ1v) is 10.4. The van der Waals surface area contributed by atoms with E-state index in [9.17, 15) is 14.9 Å². The van der Waals surface area contributed by atoms with Gasteiger partial charge in [0.2, 0.25) is 0 Å². The SMILES string of the molecule is CCn1ncc2c(C(=O)OCC(=O)NC3(C#N)CCCC3)cc(-c3ccccc3)nc21. The molecule has 8 heteroatoms. The molecule has 0 aliphatic heterocycles. The summed E-state index contributed by atoms with van der Waals surface area (Å²) in [7, 11) is 0. The van der Waals surface area contributed by atoms with E-state index in [0.29, 0.717) is 41.7 Å². The Balaban J connectivity index is 1.58. The van der Waals surface area contributed by atoms with Gasteiger partial charge in [0.25, 0.3) is 5.91 Å². The number of aromatic nitrogens is 3. The molecule has 1 fully saturated rings. The fourth-order valence-corrected chi connectivity index (χ4v) is 3.96. The molecular weight excluding hydrogens is 394 g/mol. The van der Waals surface area contributed by atoms with Gasteiger partial charge < -0.3 is 10.1 Å². The van der Waals surface area contributed by atoms with Gasteiger partial charge >= 0.3 is 5.97 Å². The average Bonchev–Trinajstić information content (AvgIpc) is 3.44. The summed E-state index contributed by atoms with van der Waals surface area (Å²) in [4.78, 5) is 29.9. The molecule has 1 aromatic carbocycles. The molecule has 8 nitrogen and oxygen atoms in total. The van der Waals surface area contributed by atoms with Crippen LogP contribution in [0.3, 0.4) is 0 Å². The van der Waals surface area contributed by atoms with Crippen molar-refractivity contribution in [2.24, 2.45) is 0 Å². The van der Waals surface area contributed by atoms with Gasteiger partial charge in [0.1, 0.15) is 5.54 Å². The number of carbonyl (C=O) groups excluding carboxylic acids is 2. The second-order valence-corrected chi connectivity index (χ2v) is 7.64. The molecule has 2 aromatic heterocycles.